The van der Waals surface area contributed by atoms with E-state index in [1.165, 1.54) is 33.7 Å². The topological polar surface area (TPSA) is 189 Å². The number of ether oxygens (including phenoxy) is 2. The maximum atomic E-state index is 11.9. The van der Waals surface area contributed by atoms with Gasteiger partial charge in [0.25, 0.3) is 11.1 Å². The summed E-state index contributed by atoms with van der Waals surface area (Å²) in [5.41, 5.74) is -4.77. The Balaban J connectivity index is 0.000000220. The first-order valence-corrected chi connectivity index (χ1v) is 13.5. The molecule has 5 N–H and O–H groups in total. The zero-order valence-electron chi connectivity index (χ0n) is 23.3. The van der Waals surface area contributed by atoms with Gasteiger partial charge in [0.15, 0.2) is 12.5 Å². The molecule has 0 bridgehead atoms. The predicted molar refractivity (Wildman–Crippen MR) is 146 cm³/mol. The predicted octanol–water partition coefficient (Wildman–Crippen LogP) is 0.381. The van der Waals surface area contributed by atoms with Crippen molar-refractivity contribution in [1.29, 1.82) is 0 Å². The number of H-pyrrole nitrogens is 2. The number of aromatic nitrogens is 4. The molecule has 0 radical (unpaired) electrons. The first-order chi connectivity index (χ1) is 18.9. The number of rotatable bonds is 8. The average molecular weight is 565 g/mol. The first-order valence-electron chi connectivity index (χ1n) is 13.5. The van der Waals surface area contributed by atoms with Crippen molar-refractivity contribution in [3.8, 4) is 0 Å². The Labute approximate surface area is 230 Å². The van der Waals surface area contributed by atoms with Gasteiger partial charge in [-0.15, -0.1) is 6.58 Å². The molecule has 2 fully saturated rings. The van der Waals surface area contributed by atoms with E-state index in [0.29, 0.717) is 12.8 Å². The van der Waals surface area contributed by atoms with Crippen LogP contribution in [0.15, 0.2) is 56.4 Å². The van der Waals surface area contributed by atoms with Crippen molar-refractivity contribution in [2.45, 2.75) is 89.2 Å². The quantitative estimate of drug-likeness (QED) is 0.282. The highest BCUT2D eigenvalue weighted by Crippen LogP contribution is 2.46. The molecule has 2 aromatic heterocycles. The summed E-state index contributed by atoms with van der Waals surface area (Å²) in [6, 6.07) is 2.44. The second-order valence-electron chi connectivity index (χ2n) is 10.4. The Hall–Kier alpha value is -3.10. The van der Waals surface area contributed by atoms with Crippen LogP contribution in [-0.4, -0.2) is 64.4 Å². The molecular formula is C27H40N4O9. The summed E-state index contributed by atoms with van der Waals surface area (Å²) in [4.78, 5) is 50.4. The van der Waals surface area contributed by atoms with Crippen LogP contribution in [0.25, 0.3) is 0 Å². The molecule has 0 unspecified atom stereocenters. The van der Waals surface area contributed by atoms with E-state index in [1.807, 2.05) is 27.7 Å². The van der Waals surface area contributed by atoms with Crippen molar-refractivity contribution in [2.24, 2.45) is 11.8 Å². The monoisotopic (exact) mass is 564 g/mol. The molecule has 4 heterocycles. The smallest absolute Gasteiger partial charge is 0.330 e. The minimum absolute atomic E-state index is 0.0981. The zero-order valence-corrected chi connectivity index (χ0v) is 23.3. The van der Waals surface area contributed by atoms with Crippen LogP contribution in [0.4, 0.5) is 0 Å². The van der Waals surface area contributed by atoms with Gasteiger partial charge in [0.2, 0.25) is 0 Å². The molecule has 4 rings (SSSR count). The van der Waals surface area contributed by atoms with Crippen LogP contribution < -0.4 is 22.5 Å². The Bertz CT molecular complexity index is 1400. The largest absolute Gasteiger partial charge is 0.396 e. The van der Waals surface area contributed by atoms with Gasteiger partial charge in [-0.2, -0.15) is 0 Å². The molecule has 0 aliphatic carbocycles. The van der Waals surface area contributed by atoms with Gasteiger partial charge < -0.3 is 24.8 Å². The number of aliphatic hydroxyl groups excluding tert-OH is 1. The molecule has 0 aromatic carbocycles. The molecule has 2 aliphatic rings. The third kappa shape index (κ3) is 5.84. The summed E-state index contributed by atoms with van der Waals surface area (Å²) in [6.45, 7) is 11.1. The fourth-order valence-electron chi connectivity index (χ4n) is 5.68. The highest BCUT2D eigenvalue weighted by Gasteiger charge is 2.54. The van der Waals surface area contributed by atoms with Crippen LogP contribution in [0.1, 0.15) is 65.8 Å². The highest BCUT2D eigenvalue weighted by atomic mass is 16.5. The van der Waals surface area contributed by atoms with Crippen LogP contribution in [0, 0.1) is 11.8 Å². The molecule has 0 amide bonds. The second-order valence-corrected chi connectivity index (χ2v) is 10.4. The van der Waals surface area contributed by atoms with Gasteiger partial charge in [0.1, 0.15) is 11.2 Å². The average Bonchev–Trinajstić information content (AvgIpc) is 3.29. The lowest BCUT2D eigenvalue weighted by molar-refractivity contribution is -0.107. The summed E-state index contributed by atoms with van der Waals surface area (Å²) >= 11 is 0. The third-order valence-corrected chi connectivity index (χ3v) is 8.15. The summed E-state index contributed by atoms with van der Waals surface area (Å²) in [7, 11) is 0. The lowest BCUT2D eigenvalue weighted by Crippen LogP contribution is -2.45. The molecule has 13 heteroatoms. The van der Waals surface area contributed by atoms with Crippen molar-refractivity contribution in [1.82, 2.24) is 19.1 Å². The van der Waals surface area contributed by atoms with Gasteiger partial charge in [-0.25, -0.2) is 9.59 Å². The lowest BCUT2D eigenvalue weighted by Gasteiger charge is -2.32. The molecule has 2 aliphatic heterocycles. The maximum absolute atomic E-state index is 11.9. The molecule has 8 atom stereocenters. The van der Waals surface area contributed by atoms with E-state index in [1.54, 1.807) is 6.08 Å². The van der Waals surface area contributed by atoms with E-state index >= 15 is 0 Å². The van der Waals surface area contributed by atoms with Gasteiger partial charge in [0.05, 0.1) is 12.2 Å². The fraction of sp³-hybridized carbons (Fsp3) is 0.630. The van der Waals surface area contributed by atoms with Crippen LogP contribution in [0.5, 0.6) is 0 Å². The van der Waals surface area contributed by atoms with Crippen LogP contribution in [0.2, 0.25) is 0 Å². The standard InChI is InChI=1S/C14H20N2O4.C13H20N2O5/c1-4-7-14(19)9(3)10(5-2)20-12(14)16-8-6-11(17)15-13(16)18;1-3-9-8(2)13(19,5-7-16)11(20-9)15-6-4-10(17)14-12(15)18/h4,6,8-10,12,19H,1,5,7H2,2-3H3,(H,15,17,18);4,6,8-9,11,16,19H,3,5,7H2,1-2H3,(H,14,17,18)/t9-,10-,12-,14-;8-,9-,11-,13-/m11/s1. The fourth-order valence-corrected chi connectivity index (χ4v) is 5.68. The minimum Gasteiger partial charge on any atom is -0.396 e. The van der Waals surface area contributed by atoms with Crippen LogP contribution in [0.3, 0.4) is 0 Å². The lowest BCUT2D eigenvalue weighted by atomic mass is 9.82. The van der Waals surface area contributed by atoms with E-state index < -0.39 is 46.2 Å². The number of nitrogens with one attached hydrogen (secondary N) is 2. The Morgan fingerprint density at radius 1 is 0.875 bits per heavy atom. The van der Waals surface area contributed by atoms with Gasteiger partial charge in [-0.3, -0.25) is 28.7 Å². The molecule has 13 nitrogen and oxygen atoms in total. The van der Waals surface area contributed by atoms with Crippen molar-refractivity contribution in [2.75, 3.05) is 6.61 Å². The Kier molecular flexibility index (Phi) is 9.90. The Morgan fingerprint density at radius 2 is 1.30 bits per heavy atom. The van der Waals surface area contributed by atoms with Crippen molar-refractivity contribution >= 4 is 0 Å². The molecule has 0 saturated carbocycles. The number of aliphatic hydroxyl groups is 3. The van der Waals surface area contributed by atoms with Crippen LogP contribution in [-0.2, 0) is 9.47 Å². The van der Waals surface area contributed by atoms with E-state index in [4.69, 9.17) is 9.47 Å². The van der Waals surface area contributed by atoms with E-state index in [-0.39, 0.29) is 37.1 Å². The van der Waals surface area contributed by atoms with Gasteiger partial charge in [0, 0.05) is 49.4 Å². The minimum atomic E-state index is -1.35. The molecule has 2 aromatic rings. The summed E-state index contributed by atoms with van der Waals surface area (Å²) in [6.07, 6.45) is 3.98. The summed E-state index contributed by atoms with van der Waals surface area (Å²) in [5.74, 6) is -0.377. The number of hydrogen-bond donors (Lipinski definition) is 5. The molecule has 2 saturated heterocycles. The molecule has 40 heavy (non-hydrogen) atoms. The van der Waals surface area contributed by atoms with Crippen LogP contribution >= 0.6 is 0 Å². The Morgan fingerprint density at radius 3 is 1.68 bits per heavy atom. The van der Waals surface area contributed by atoms with E-state index in [9.17, 15) is 34.5 Å². The highest BCUT2D eigenvalue weighted by molar-refractivity contribution is 5.04. The molecule has 0 spiro atoms. The first kappa shape index (κ1) is 31.4. The van der Waals surface area contributed by atoms with Gasteiger partial charge in [-0.05, 0) is 19.3 Å². The second kappa shape index (κ2) is 12.6. The van der Waals surface area contributed by atoms with Crippen molar-refractivity contribution < 1.29 is 24.8 Å². The maximum Gasteiger partial charge on any atom is 0.330 e. The SMILES string of the molecule is C=CC[C@@]1(O)[C@H](C)[C@@H](CC)O[C@H]1n1ccc(=O)[nH]c1=O.CC[C@H]1O[C@@H](n2ccc(=O)[nH]c2=O)[C@@](O)(CCO)[C@@H]1C. The molecular weight excluding hydrogens is 524 g/mol. The van der Waals surface area contributed by atoms with E-state index in [0.717, 1.165) is 6.42 Å². The zero-order chi connectivity index (χ0) is 29.8. The van der Waals surface area contributed by atoms with Crippen molar-refractivity contribution in [3.63, 3.8) is 0 Å². The summed E-state index contributed by atoms with van der Waals surface area (Å²) in [5, 5.41) is 30.9. The summed E-state index contributed by atoms with van der Waals surface area (Å²) < 4.78 is 14.0. The number of hydrogen-bond acceptors (Lipinski definition) is 9. The van der Waals surface area contributed by atoms with Gasteiger partial charge in [-0.1, -0.05) is 33.8 Å². The third-order valence-electron chi connectivity index (χ3n) is 8.15. The van der Waals surface area contributed by atoms with Crippen molar-refractivity contribution in [3.05, 3.63) is 78.9 Å². The van der Waals surface area contributed by atoms with Gasteiger partial charge >= 0.3 is 11.4 Å². The normalized spacial score (nSPS) is 33.4. The molecule has 222 valence electrons. The van der Waals surface area contributed by atoms with E-state index in [2.05, 4.69) is 16.5 Å². The number of aromatic amines is 2. The number of nitrogens with zero attached hydrogens (tertiary/aromatic N) is 2.